The summed E-state index contributed by atoms with van der Waals surface area (Å²) in [6.07, 6.45) is 1.82. The molecule has 1 aliphatic rings. The van der Waals surface area contributed by atoms with Gasteiger partial charge in [-0.3, -0.25) is 14.7 Å². The molecule has 0 aliphatic heterocycles. The highest BCUT2D eigenvalue weighted by molar-refractivity contribution is 5.91. The summed E-state index contributed by atoms with van der Waals surface area (Å²) in [5.41, 5.74) is 0.738. The van der Waals surface area contributed by atoms with Crippen molar-refractivity contribution < 1.29 is 38.4 Å². The number of phenols is 1. The number of carbonyl (C=O) groups is 3. The van der Waals surface area contributed by atoms with Crippen molar-refractivity contribution in [1.82, 2.24) is 15.5 Å². The molecule has 1 heterocycles. The van der Waals surface area contributed by atoms with Crippen molar-refractivity contribution in [1.29, 1.82) is 0 Å². The van der Waals surface area contributed by atoms with Crippen molar-refractivity contribution in [3.05, 3.63) is 29.5 Å². The number of hydrogen-bond acceptors (Lipinski definition) is 9. The molecule has 2 amide bonds. The zero-order chi connectivity index (χ0) is 25.4. The Kier molecular flexibility index (Phi) is 8.90. The molecule has 35 heavy (non-hydrogen) atoms. The summed E-state index contributed by atoms with van der Waals surface area (Å²) in [5, 5.41) is 22.2. The lowest BCUT2D eigenvalue weighted by atomic mass is 10.0. The first-order valence-electron chi connectivity index (χ1n) is 11.1. The van der Waals surface area contributed by atoms with E-state index in [1.807, 2.05) is 6.92 Å². The van der Waals surface area contributed by atoms with Crippen molar-refractivity contribution in [2.75, 3.05) is 32.7 Å². The summed E-state index contributed by atoms with van der Waals surface area (Å²) >= 11 is 0. The van der Waals surface area contributed by atoms with Gasteiger partial charge in [-0.2, -0.15) is 5.10 Å². The fraction of sp³-hybridized carbons (Fsp3) is 0.478. The molecular weight excluding hydrogens is 460 g/mol. The van der Waals surface area contributed by atoms with Crippen LogP contribution in [0.2, 0.25) is 0 Å². The summed E-state index contributed by atoms with van der Waals surface area (Å²) in [6.45, 7) is 1.80. The number of aromatic nitrogens is 2. The summed E-state index contributed by atoms with van der Waals surface area (Å²) < 4.78 is 21.0. The fourth-order valence-electron chi connectivity index (χ4n) is 3.71. The number of rotatable bonds is 11. The van der Waals surface area contributed by atoms with Crippen molar-refractivity contribution >= 4 is 24.1 Å². The highest BCUT2D eigenvalue weighted by Crippen LogP contribution is 2.36. The third-order valence-corrected chi connectivity index (χ3v) is 5.71. The van der Waals surface area contributed by atoms with Gasteiger partial charge in [0.15, 0.2) is 18.7 Å². The predicted molar refractivity (Wildman–Crippen MR) is 124 cm³/mol. The first kappa shape index (κ1) is 25.8. The van der Waals surface area contributed by atoms with Crippen LogP contribution in [-0.4, -0.2) is 73.2 Å². The number of alkyl carbamates (subject to hydrolysis) is 1. The molecule has 0 saturated heterocycles. The van der Waals surface area contributed by atoms with Crippen LogP contribution in [0.4, 0.5) is 10.6 Å². The minimum absolute atomic E-state index is 0.0208. The van der Waals surface area contributed by atoms with Gasteiger partial charge in [0.1, 0.15) is 23.4 Å². The largest absolute Gasteiger partial charge is 0.507 e. The monoisotopic (exact) mass is 490 g/mol. The molecule has 190 valence electrons. The summed E-state index contributed by atoms with van der Waals surface area (Å²) in [4.78, 5) is 35.5. The molecule has 1 aromatic heterocycles. The van der Waals surface area contributed by atoms with Crippen LogP contribution in [0.3, 0.4) is 0 Å². The van der Waals surface area contributed by atoms with Crippen molar-refractivity contribution in [3.8, 4) is 17.2 Å². The normalized spacial score (nSPS) is 17.9. The van der Waals surface area contributed by atoms with Crippen LogP contribution < -0.4 is 20.1 Å². The number of nitrogens with one attached hydrogen (secondary N) is 3. The quantitative estimate of drug-likeness (QED) is 0.347. The molecule has 3 atom stereocenters. The topological polar surface area (TPSA) is 161 Å². The van der Waals surface area contributed by atoms with E-state index in [4.69, 9.17) is 18.9 Å². The average Bonchev–Trinajstić information content (AvgIpc) is 3.50. The maximum atomic E-state index is 12.3. The number of aromatic amines is 1. The maximum absolute atomic E-state index is 12.3. The molecule has 4 N–H and O–H groups in total. The molecule has 0 radical (unpaired) electrons. The Morgan fingerprint density at radius 2 is 2.09 bits per heavy atom. The van der Waals surface area contributed by atoms with Gasteiger partial charge in [0.25, 0.3) is 5.91 Å². The standard InChI is InChI=1S/C23H30N4O8/c1-13(32-2)10-24-23(31)35-15-5-4-14(6-15)18-9-21(27-26-18)25-22(30)12-34-20-8-16(33-3)7-19(29)17(20)11-28/h7-9,11,13-15,29H,4-6,10,12H2,1-3H3,(H,24,31)(H2,25,26,27,30)/t13-,14+,15-/m1/s1. The van der Waals surface area contributed by atoms with E-state index in [2.05, 4.69) is 20.8 Å². The third kappa shape index (κ3) is 7.09. The second-order valence-corrected chi connectivity index (χ2v) is 8.19. The van der Waals surface area contributed by atoms with E-state index in [1.165, 1.54) is 19.2 Å². The maximum Gasteiger partial charge on any atom is 0.407 e. The molecule has 1 saturated carbocycles. The average molecular weight is 491 g/mol. The van der Waals surface area contributed by atoms with Gasteiger partial charge in [-0.05, 0) is 26.2 Å². The van der Waals surface area contributed by atoms with E-state index in [0.717, 1.165) is 18.5 Å². The summed E-state index contributed by atoms with van der Waals surface area (Å²) in [6, 6.07) is 4.40. The minimum Gasteiger partial charge on any atom is -0.507 e. The smallest absolute Gasteiger partial charge is 0.407 e. The van der Waals surface area contributed by atoms with Crippen LogP contribution in [0.1, 0.15) is 48.2 Å². The second kappa shape index (κ2) is 12.1. The molecule has 2 aromatic rings. The van der Waals surface area contributed by atoms with Crippen molar-refractivity contribution in [3.63, 3.8) is 0 Å². The van der Waals surface area contributed by atoms with Crippen molar-refractivity contribution in [2.45, 2.75) is 44.3 Å². The Balaban J connectivity index is 1.48. The van der Waals surface area contributed by atoms with Gasteiger partial charge in [-0.25, -0.2) is 4.79 Å². The van der Waals surface area contributed by atoms with E-state index in [-0.39, 0.29) is 40.9 Å². The lowest BCUT2D eigenvalue weighted by molar-refractivity contribution is -0.118. The summed E-state index contributed by atoms with van der Waals surface area (Å²) in [5.74, 6) is -0.0959. The van der Waals surface area contributed by atoms with Gasteiger partial charge in [-0.1, -0.05) is 0 Å². The molecule has 3 rings (SSSR count). The minimum atomic E-state index is -0.503. The SMILES string of the molecule is COc1cc(O)c(C=O)c(OCC(=O)Nc2cc([C@H]3CC[C@@H](OC(=O)NC[C@@H](C)OC)C3)[nH]n2)c1. The summed E-state index contributed by atoms with van der Waals surface area (Å²) in [7, 11) is 2.97. The number of phenolic OH excluding ortho intramolecular Hbond substituents is 1. The van der Waals surface area contributed by atoms with Gasteiger partial charge in [0, 0.05) is 43.5 Å². The first-order chi connectivity index (χ1) is 16.8. The number of benzene rings is 1. The van der Waals surface area contributed by atoms with Crippen molar-refractivity contribution in [2.24, 2.45) is 0 Å². The molecule has 12 nitrogen and oxygen atoms in total. The fourth-order valence-corrected chi connectivity index (χ4v) is 3.71. The molecule has 0 spiro atoms. The highest BCUT2D eigenvalue weighted by atomic mass is 16.6. The Morgan fingerprint density at radius 1 is 1.29 bits per heavy atom. The number of methoxy groups -OCH3 is 2. The Morgan fingerprint density at radius 3 is 2.80 bits per heavy atom. The number of aromatic hydroxyl groups is 1. The Hall–Kier alpha value is -3.80. The van der Waals surface area contributed by atoms with Crippen LogP contribution in [0.15, 0.2) is 18.2 Å². The van der Waals surface area contributed by atoms with E-state index < -0.39 is 18.6 Å². The number of H-pyrrole nitrogens is 1. The van der Waals surface area contributed by atoms with E-state index in [1.54, 1.807) is 13.2 Å². The van der Waals surface area contributed by atoms with Crippen LogP contribution in [-0.2, 0) is 14.3 Å². The number of anilines is 1. The van der Waals surface area contributed by atoms with Gasteiger partial charge < -0.3 is 34.7 Å². The van der Waals surface area contributed by atoms with Gasteiger partial charge >= 0.3 is 6.09 Å². The molecule has 12 heteroatoms. The van der Waals surface area contributed by atoms with Crippen LogP contribution in [0, 0.1) is 0 Å². The number of carbonyl (C=O) groups excluding carboxylic acids is 3. The lowest BCUT2D eigenvalue weighted by Crippen LogP contribution is -2.33. The zero-order valence-electron chi connectivity index (χ0n) is 19.8. The zero-order valence-corrected chi connectivity index (χ0v) is 19.8. The van der Waals surface area contributed by atoms with Crippen LogP contribution in [0.5, 0.6) is 17.2 Å². The Labute approximate surface area is 202 Å². The number of ether oxygens (including phenoxy) is 4. The molecule has 1 aliphatic carbocycles. The number of aldehydes is 1. The molecule has 0 unspecified atom stereocenters. The van der Waals surface area contributed by atoms with E-state index in [0.29, 0.717) is 25.1 Å². The number of nitrogens with zero attached hydrogens (tertiary/aromatic N) is 1. The van der Waals surface area contributed by atoms with Gasteiger partial charge in [-0.15, -0.1) is 0 Å². The van der Waals surface area contributed by atoms with Gasteiger partial charge in [0.05, 0.1) is 18.8 Å². The highest BCUT2D eigenvalue weighted by Gasteiger charge is 2.30. The van der Waals surface area contributed by atoms with Crippen LogP contribution in [0.25, 0.3) is 0 Å². The molecular formula is C23H30N4O8. The van der Waals surface area contributed by atoms with E-state index >= 15 is 0 Å². The Bertz CT molecular complexity index is 1040. The first-order valence-corrected chi connectivity index (χ1v) is 11.1. The number of hydrogen-bond donors (Lipinski definition) is 4. The van der Waals surface area contributed by atoms with Gasteiger partial charge in [0.2, 0.25) is 0 Å². The predicted octanol–water partition coefficient (Wildman–Crippen LogP) is 2.35. The molecule has 1 aromatic carbocycles. The molecule has 0 bridgehead atoms. The molecule has 1 fully saturated rings. The third-order valence-electron chi connectivity index (χ3n) is 5.71. The lowest BCUT2D eigenvalue weighted by Gasteiger charge is -2.15. The number of amides is 2. The van der Waals surface area contributed by atoms with Crippen LogP contribution >= 0.6 is 0 Å². The second-order valence-electron chi connectivity index (χ2n) is 8.19. The van der Waals surface area contributed by atoms with E-state index in [9.17, 15) is 19.5 Å².